The van der Waals surface area contributed by atoms with Gasteiger partial charge in [0.2, 0.25) is 11.8 Å². The standard InChI is InChI=1S/C15H19IN2O4/c1-2-22-14(20)8-7-13(19)18-12(15(17)21)9-10-3-5-11(16)6-4-10/h3-6,12H,2,7-9H2,1H3,(H2,17,21)(H,18,19)/t12-/m1/s1. The van der Waals surface area contributed by atoms with Crippen LogP contribution >= 0.6 is 22.6 Å². The summed E-state index contributed by atoms with van der Waals surface area (Å²) in [7, 11) is 0. The molecule has 0 aliphatic rings. The number of nitrogens with one attached hydrogen (secondary N) is 1. The van der Waals surface area contributed by atoms with Gasteiger partial charge in [0.15, 0.2) is 0 Å². The molecular weight excluding hydrogens is 399 g/mol. The maximum atomic E-state index is 11.8. The normalized spacial score (nSPS) is 11.5. The highest BCUT2D eigenvalue weighted by atomic mass is 127. The van der Waals surface area contributed by atoms with Crippen molar-refractivity contribution in [3.8, 4) is 0 Å². The summed E-state index contributed by atoms with van der Waals surface area (Å²) in [5.74, 6) is -1.45. The zero-order valence-electron chi connectivity index (χ0n) is 12.3. The van der Waals surface area contributed by atoms with Crippen molar-refractivity contribution < 1.29 is 19.1 Å². The SMILES string of the molecule is CCOC(=O)CCC(=O)N[C@H](Cc1ccc(I)cc1)C(N)=O. The smallest absolute Gasteiger partial charge is 0.306 e. The predicted octanol–water partition coefficient (Wildman–Crippen LogP) is 1.15. The summed E-state index contributed by atoms with van der Waals surface area (Å²) < 4.78 is 5.82. The first-order valence-electron chi connectivity index (χ1n) is 6.91. The van der Waals surface area contributed by atoms with Gasteiger partial charge in [0.25, 0.3) is 0 Å². The van der Waals surface area contributed by atoms with Crippen molar-refractivity contribution >= 4 is 40.4 Å². The van der Waals surface area contributed by atoms with Crippen LogP contribution in [0.3, 0.4) is 0 Å². The van der Waals surface area contributed by atoms with Crippen LogP contribution in [0.4, 0.5) is 0 Å². The lowest BCUT2D eigenvalue weighted by Gasteiger charge is -2.15. The number of halogens is 1. The lowest BCUT2D eigenvalue weighted by molar-refractivity contribution is -0.144. The maximum absolute atomic E-state index is 11.8. The van der Waals surface area contributed by atoms with Crippen molar-refractivity contribution in [2.45, 2.75) is 32.2 Å². The molecule has 0 unspecified atom stereocenters. The number of ether oxygens (including phenoxy) is 1. The van der Waals surface area contributed by atoms with E-state index in [9.17, 15) is 14.4 Å². The fourth-order valence-corrected chi connectivity index (χ4v) is 2.15. The zero-order valence-corrected chi connectivity index (χ0v) is 14.5. The van der Waals surface area contributed by atoms with E-state index in [-0.39, 0.29) is 19.4 Å². The highest BCUT2D eigenvalue weighted by molar-refractivity contribution is 14.1. The summed E-state index contributed by atoms with van der Waals surface area (Å²) in [6.45, 7) is 1.97. The number of nitrogens with two attached hydrogens (primary N) is 1. The molecule has 1 aromatic rings. The Kier molecular flexibility index (Phi) is 7.86. The van der Waals surface area contributed by atoms with Gasteiger partial charge in [-0.1, -0.05) is 12.1 Å². The third kappa shape index (κ3) is 6.88. The van der Waals surface area contributed by atoms with Gasteiger partial charge in [-0.3, -0.25) is 14.4 Å². The van der Waals surface area contributed by atoms with Crippen LogP contribution in [0.5, 0.6) is 0 Å². The Morgan fingerprint density at radius 1 is 1.23 bits per heavy atom. The maximum Gasteiger partial charge on any atom is 0.306 e. The van der Waals surface area contributed by atoms with Crippen LogP contribution in [-0.2, 0) is 25.5 Å². The van der Waals surface area contributed by atoms with E-state index in [4.69, 9.17) is 10.5 Å². The minimum atomic E-state index is -0.797. The molecule has 0 saturated carbocycles. The number of hydrogen-bond acceptors (Lipinski definition) is 4. The predicted molar refractivity (Wildman–Crippen MR) is 89.9 cm³/mol. The Bertz CT molecular complexity index is 531. The average Bonchev–Trinajstić information content (AvgIpc) is 2.47. The van der Waals surface area contributed by atoms with E-state index < -0.39 is 23.8 Å². The number of primary amides is 1. The lowest BCUT2D eigenvalue weighted by atomic mass is 10.1. The first kappa shape index (κ1) is 18.4. The van der Waals surface area contributed by atoms with E-state index in [0.29, 0.717) is 6.42 Å². The number of carbonyl (C=O) groups excluding carboxylic acids is 3. The summed E-state index contributed by atoms with van der Waals surface area (Å²) in [6.07, 6.45) is 0.265. The topological polar surface area (TPSA) is 98.5 Å². The number of benzene rings is 1. The van der Waals surface area contributed by atoms with Gasteiger partial charge in [-0.2, -0.15) is 0 Å². The van der Waals surface area contributed by atoms with Gasteiger partial charge >= 0.3 is 5.97 Å². The van der Waals surface area contributed by atoms with E-state index >= 15 is 0 Å². The minimum absolute atomic E-state index is 0.0192. The number of hydrogen-bond donors (Lipinski definition) is 2. The van der Waals surface area contributed by atoms with Crippen LogP contribution in [0.1, 0.15) is 25.3 Å². The van der Waals surface area contributed by atoms with Crippen LogP contribution in [0.2, 0.25) is 0 Å². The van der Waals surface area contributed by atoms with Gasteiger partial charge in [-0.05, 0) is 47.2 Å². The number of amides is 2. The van der Waals surface area contributed by atoms with Crippen molar-refractivity contribution in [1.82, 2.24) is 5.32 Å². The fraction of sp³-hybridized carbons (Fsp3) is 0.400. The van der Waals surface area contributed by atoms with E-state index in [2.05, 4.69) is 27.9 Å². The van der Waals surface area contributed by atoms with Crippen molar-refractivity contribution in [3.05, 3.63) is 33.4 Å². The minimum Gasteiger partial charge on any atom is -0.466 e. The number of rotatable bonds is 8. The highest BCUT2D eigenvalue weighted by Gasteiger charge is 2.19. The molecule has 0 aliphatic heterocycles. The lowest BCUT2D eigenvalue weighted by Crippen LogP contribution is -2.45. The molecular formula is C15H19IN2O4. The third-order valence-corrected chi connectivity index (χ3v) is 3.61. The molecule has 1 atom stereocenters. The molecule has 120 valence electrons. The molecule has 0 fully saturated rings. The zero-order chi connectivity index (χ0) is 16.5. The van der Waals surface area contributed by atoms with Gasteiger partial charge in [-0.25, -0.2) is 0 Å². The summed E-state index contributed by atoms with van der Waals surface area (Å²) >= 11 is 2.18. The molecule has 1 rings (SSSR count). The molecule has 7 heteroatoms. The first-order valence-corrected chi connectivity index (χ1v) is 7.99. The number of esters is 1. The molecule has 22 heavy (non-hydrogen) atoms. The quantitative estimate of drug-likeness (QED) is 0.489. The van der Waals surface area contributed by atoms with Crippen LogP contribution in [0.25, 0.3) is 0 Å². The second-order valence-electron chi connectivity index (χ2n) is 4.66. The average molecular weight is 418 g/mol. The molecule has 6 nitrogen and oxygen atoms in total. The van der Waals surface area contributed by atoms with Crippen LogP contribution in [0, 0.1) is 3.57 Å². The summed E-state index contributed by atoms with van der Waals surface area (Å²) in [4.78, 5) is 34.4. The van der Waals surface area contributed by atoms with Gasteiger partial charge in [0.05, 0.1) is 13.0 Å². The Morgan fingerprint density at radius 3 is 2.41 bits per heavy atom. The van der Waals surface area contributed by atoms with E-state index in [0.717, 1.165) is 9.13 Å². The molecule has 2 amide bonds. The third-order valence-electron chi connectivity index (χ3n) is 2.89. The molecule has 0 bridgehead atoms. The summed E-state index contributed by atoms with van der Waals surface area (Å²) in [5, 5.41) is 2.55. The van der Waals surface area contributed by atoms with Gasteiger partial charge in [-0.15, -0.1) is 0 Å². The van der Waals surface area contributed by atoms with Crippen LogP contribution in [0.15, 0.2) is 24.3 Å². The van der Waals surface area contributed by atoms with Gasteiger partial charge in [0, 0.05) is 16.4 Å². The fourth-order valence-electron chi connectivity index (χ4n) is 1.79. The Hall–Kier alpha value is -1.64. The second kappa shape index (κ2) is 9.39. The molecule has 0 aliphatic carbocycles. The Labute approximate surface area is 142 Å². The van der Waals surface area contributed by atoms with Crippen LogP contribution < -0.4 is 11.1 Å². The van der Waals surface area contributed by atoms with Crippen molar-refractivity contribution in [1.29, 1.82) is 0 Å². The van der Waals surface area contributed by atoms with Crippen molar-refractivity contribution in [3.63, 3.8) is 0 Å². The molecule has 3 N–H and O–H groups in total. The van der Waals surface area contributed by atoms with Gasteiger partial charge < -0.3 is 15.8 Å². The summed E-state index contributed by atoms with van der Waals surface area (Å²) in [6, 6.07) is 6.78. The van der Waals surface area contributed by atoms with E-state index in [1.54, 1.807) is 6.92 Å². The molecule has 0 aromatic heterocycles. The molecule has 0 saturated heterocycles. The molecule has 0 spiro atoms. The molecule has 0 radical (unpaired) electrons. The Balaban J connectivity index is 2.53. The summed E-state index contributed by atoms with van der Waals surface area (Å²) in [5.41, 5.74) is 6.22. The van der Waals surface area contributed by atoms with Crippen LogP contribution in [-0.4, -0.2) is 30.4 Å². The van der Waals surface area contributed by atoms with E-state index in [1.807, 2.05) is 24.3 Å². The highest BCUT2D eigenvalue weighted by Crippen LogP contribution is 2.09. The molecule has 1 aromatic carbocycles. The number of carbonyl (C=O) groups is 3. The first-order chi connectivity index (χ1) is 10.4. The Morgan fingerprint density at radius 2 is 1.86 bits per heavy atom. The monoisotopic (exact) mass is 418 g/mol. The largest absolute Gasteiger partial charge is 0.466 e. The van der Waals surface area contributed by atoms with Gasteiger partial charge in [0.1, 0.15) is 6.04 Å². The van der Waals surface area contributed by atoms with E-state index in [1.165, 1.54) is 0 Å². The molecule has 0 heterocycles. The second-order valence-corrected chi connectivity index (χ2v) is 5.90. The van der Waals surface area contributed by atoms with Crippen molar-refractivity contribution in [2.75, 3.05) is 6.61 Å². The van der Waals surface area contributed by atoms with Crippen molar-refractivity contribution in [2.24, 2.45) is 5.73 Å².